The lowest BCUT2D eigenvalue weighted by molar-refractivity contribution is 0.861. The van der Waals surface area contributed by atoms with Crippen molar-refractivity contribution in [3.63, 3.8) is 0 Å². The van der Waals surface area contributed by atoms with E-state index < -0.39 is 0 Å². The highest BCUT2D eigenvalue weighted by molar-refractivity contribution is 5.59. The lowest BCUT2D eigenvalue weighted by atomic mass is 10.1. The van der Waals surface area contributed by atoms with Gasteiger partial charge in [-0.15, -0.1) is 0 Å². The maximum absolute atomic E-state index is 4.65. The third kappa shape index (κ3) is 2.35. The van der Waals surface area contributed by atoms with Crippen LogP contribution in [0.25, 0.3) is 16.9 Å². The summed E-state index contributed by atoms with van der Waals surface area (Å²) in [6.45, 7) is 6.09. The Labute approximate surface area is 118 Å². The Balaban J connectivity index is 1.99. The summed E-state index contributed by atoms with van der Waals surface area (Å²) in [5.74, 6) is 0. The zero-order valence-corrected chi connectivity index (χ0v) is 12.0. The van der Waals surface area contributed by atoms with E-state index in [-0.39, 0.29) is 0 Å². The van der Waals surface area contributed by atoms with E-state index in [0.29, 0.717) is 0 Å². The van der Waals surface area contributed by atoms with Crippen molar-refractivity contribution in [2.24, 2.45) is 0 Å². The molecule has 3 aromatic rings. The van der Waals surface area contributed by atoms with E-state index >= 15 is 0 Å². The first-order valence-corrected chi connectivity index (χ1v) is 6.71. The molecule has 0 aliphatic heterocycles. The smallest absolute Gasteiger partial charge is 0.0927 e. The van der Waals surface area contributed by atoms with Gasteiger partial charge in [0, 0.05) is 17.5 Å². The average molecular weight is 263 g/mol. The molecule has 0 unspecified atom stereocenters. The van der Waals surface area contributed by atoms with Gasteiger partial charge in [-0.25, -0.2) is 4.68 Å². The molecule has 3 nitrogen and oxygen atoms in total. The molecule has 0 fully saturated rings. The molecule has 0 aliphatic carbocycles. The summed E-state index contributed by atoms with van der Waals surface area (Å²) >= 11 is 0. The molecule has 0 atom stereocenters. The number of pyridine rings is 1. The molecule has 0 amide bonds. The Kier molecular flexibility index (Phi) is 3.11. The van der Waals surface area contributed by atoms with Crippen molar-refractivity contribution in [3.05, 3.63) is 65.6 Å². The molecule has 0 N–H and O–H groups in total. The van der Waals surface area contributed by atoms with Crippen LogP contribution in [-0.4, -0.2) is 14.8 Å². The van der Waals surface area contributed by atoms with Gasteiger partial charge in [0.05, 0.1) is 17.1 Å². The van der Waals surface area contributed by atoms with Crippen LogP contribution in [0.2, 0.25) is 0 Å². The first-order chi connectivity index (χ1) is 9.63. The molecule has 3 rings (SSSR count). The fourth-order valence-electron chi connectivity index (χ4n) is 2.26. The van der Waals surface area contributed by atoms with Crippen LogP contribution in [0.1, 0.15) is 17.0 Å². The molecule has 1 aromatic carbocycles. The summed E-state index contributed by atoms with van der Waals surface area (Å²) in [5, 5.41) is 4.65. The Morgan fingerprint density at radius 1 is 0.850 bits per heavy atom. The highest BCUT2D eigenvalue weighted by Gasteiger charge is 2.06. The maximum Gasteiger partial charge on any atom is 0.0927 e. The van der Waals surface area contributed by atoms with Crippen molar-refractivity contribution in [1.29, 1.82) is 0 Å². The molecule has 0 saturated carbocycles. The van der Waals surface area contributed by atoms with Gasteiger partial charge in [0.1, 0.15) is 0 Å². The molecule has 0 radical (unpaired) electrons. The summed E-state index contributed by atoms with van der Waals surface area (Å²) < 4.78 is 1.89. The monoisotopic (exact) mass is 263 g/mol. The summed E-state index contributed by atoms with van der Waals surface area (Å²) in [5.41, 5.74) is 6.40. The second-order valence-electron chi connectivity index (χ2n) is 5.07. The molecule has 0 bridgehead atoms. The predicted octanol–water partition coefficient (Wildman–Crippen LogP) is 3.86. The maximum atomic E-state index is 4.65. The van der Waals surface area contributed by atoms with Crippen molar-refractivity contribution in [3.8, 4) is 16.9 Å². The third-order valence-corrected chi connectivity index (χ3v) is 3.38. The van der Waals surface area contributed by atoms with E-state index in [2.05, 4.69) is 47.3 Å². The topological polar surface area (TPSA) is 30.7 Å². The highest BCUT2D eigenvalue weighted by atomic mass is 15.3. The molecule has 0 spiro atoms. The van der Waals surface area contributed by atoms with Crippen molar-refractivity contribution in [1.82, 2.24) is 14.8 Å². The van der Waals surface area contributed by atoms with E-state index in [1.54, 1.807) is 0 Å². The molecular formula is C17H17N3. The second-order valence-corrected chi connectivity index (χ2v) is 5.07. The number of rotatable bonds is 2. The van der Waals surface area contributed by atoms with Gasteiger partial charge in [-0.1, -0.05) is 29.8 Å². The van der Waals surface area contributed by atoms with Gasteiger partial charge in [-0.05, 0) is 39.0 Å². The van der Waals surface area contributed by atoms with Crippen LogP contribution in [0.5, 0.6) is 0 Å². The van der Waals surface area contributed by atoms with E-state index in [1.165, 1.54) is 5.56 Å². The highest BCUT2D eigenvalue weighted by Crippen LogP contribution is 2.20. The predicted molar refractivity (Wildman–Crippen MR) is 81.0 cm³/mol. The minimum absolute atomic E-state index is 0.977. The van der Waals surface area contributed by atoms with Gasteiger partial charge in [-0.3, -0.25) is 4.98 Å². The molecular weight excluding hydrogens is 246 g/mol. The lowest BCUT2D eigenvalue weighted by Crippen LogP contribution is -2.00. The van der Waals surface area contributed by atoms with Crippen molar-refractivity contribution in [2.45, 2.75) is 20.8 Å². The Morgan fingerprint density at radius 3 is 2.30 bits per heavy atom. The first kappa shape index (κ1) is 12.6. The van der Waals surface area contributed by atoms with Gasteiger partial charge in [-0.2, -0.15) is 5.10 Å². The molecule has 2 heterocycles. The second kappa shape index (κ2) is 4.93. The van der Waals surface area contributed by atoms with E-state index in [9.17, 15) is 0 Å². The normalized spacial score (nSPS) is 10.8. The number of hydrogen-bond acceptors (Lipinski definition) is 2. The van der Waals surface area contributed by atoms with Gasteiger partial charge in [0.15, 0.2) is 0 Å². The summed E-state index contributed by atoms with van der Waals surface area (Å²) in [6, 6.07) is 14.5. The molecule has 0 saturated heterocycles. The largest absolute Gasteiger partial charge is 0.256 e. The minimum atomic E-state index is 0.977. The van der Waals surface area contributed by atoms with Crippen molar-refractivity contribution in [2.75, 3.05) is 0 Å². The van der Waals surface area contributed by atoms with Crippen LogP contribution >= 0.6 is 0 Å². The number of aromatic nitrogens is 3. The molecule has 3 heteroatoms. The number of hydrogen-bond donors (Lipinski definition) is 0. The van der Waals surface area contributed by atoms with Crippen LogP contribution < -0.4 is 0 Å². The van der Waals surface area contributed by atoms with E-state index in [4.69, 9.17) is 0 Å². The average Bonchev–Trinajstić information content (AvgIpc) is 2.89. The number of aryl methyl sites for hydroxylation is 3. The Morgan fingerprint density at radius 2 is 1.60 bits per heavy atom. The number of benzene rings is 1. The van der Waals surface area contributed by atoms with Crippen molar-refractivity contribution < 1.29 is 0 Å². The van der Waals surface area contributed by atoms with Crippen LogP contribution in [0.4, 0.5) is 0 Å². The van der Waals surface area contributed by atoms with Crippen LogP contribution in [0.3, 0.4) is 0 Å². The van der Waals surface area contributed by atoms with Crippen LogP contribution in [0, 0.1) is 20.8 Å². The summed E-state index contributed by atoms with van der Waals surface area (Å²) in [4.78, 5) is 4.48. The fourth-order valence-corrected chi connectivity index (χ4v) is 2.26. The van der Waals surface area contributed by atoms with Crippen molar-refractivity contribution >= 4 is 0 Å². The zero-order chi connectivity index (χ0) is 14.1. The van der Waals surface area contributed by atoms with Gasteiger partial charge in [0.2, 0.25) is 0 Å². The fraction of sp³-hybridized carbons (Fsp3) is 0.176. The molecule has 0 aliphatic rings. The zero-order valence-electron chi connectivity index (χ0n) is 12.0. The van der Waals surface area contributed by atoms with Gasteiger partial charge >= 0.3 is 0 Å². The first-order valence-electron chi connectivity index (χ1n) is 6.71. The third-order valence-electron chi connectivity index (χ3n) is 3.38. The van der Waals surface area contributed by atoms with E-state index in [1.807, 2.05) is 36.9 Å². The van der Waals surface area contributed by atoms with E-state index in [0.717, 1.165) is 28.3 Å². The van der Waals surface area contributed by atoms with Gasteiger partial charge in [0.25, 0.3) is 0 Å². The molecule has 100 valence electrons. The Bertz CT molecular complexity index is 739. The summed E-state index contributed by atoms with van der Waals surface area (Å²) in [6.07, 6.45) is 1.98. The number of nitrogens with zero attached hydrogens (tertiary/aromatic N) is 3. The van der Waals surface area contributed by atoms with Crippen LogP contribution in [0.15, 0.2) is 48.7 Å². The Hall–Kier alpha value is -2.42. The minimum Gasteiger partial charge on any atom is -0.256 e. The van der Waals surface area contributed by atoms with Crippen LogP contribution in [-0.2, 0) is 0 Å². The summed E-state index contributed by atoms with van der Waals surface area (Å²) in [7, 11) is 0. The standard InChI is InChI=1S/C17H17N3/c1-12-4-7-15(8-5-12)16-10-11-20(19-16)17-9-6-13(2)18-14(17)3/h4-11H,1-3H3. The SMILES string of the molecule is Cc1ccc(-c2ccn(-c3ccc(C)nc3C)n2)cc1. The molecule has 2 aromatic heterocycles. The lowest BCUT2D eigenvalue weighted by Gasteiger charge is -2.05. The molecule has 20 heavy (non-hydrogen) atoms. The van der Waals surface area contributed by atoms with Gasteiger partial charge < -0.3 is 0 Å². The quantitative estimate of drug-likeness (QED) is 0.703.